The van der Waals surface area contributed by atoms with Crippen LogP contribution in [0.4, 0.5) is 0 Å². The molecule has 6 heteroatoms. The van der Waals surface area contributed by atoms with Gasteiger partial charge in [0, 0.05) is 11.9 Å². The fourth-order valence-corrected chi connectivity index (χ4v) is 1.75. The van der Waals surface area contributed by atoms with Gasteiger partial charge in [0.2, 0.25) is 0 Å². The zero-order chi connectivity index (χ0) is 11.8. The number of nitrogens with one attached hydrogen (secondary N) is 1. The molecule has 0 aromatic heterocycles. The lowest BCUT2D eigenvalue weighted by atomic mass is 10.2. The van der Waals surface area contributed by atoms with E-state index in [0.717, 1.165) is 10.5 Å². The molecule has 0 spiro atoms. The Balaban J connectivity index is 2.34. The molecule has 0 aliphatic carbocycles. The molecule has 0 saturated heterocycles. The standard InChI is InChI=1S/C10H13NO3S2/c1-11-10(15)13-7-16-9-4-2-8(3-5-9)6-14-12/h2-5,12H,6-7H2,1H3,(H,11,15). The molecule has 0 aliphatic heterocycles. The maximum Gasteiger partial charge on any atom is 0.257 e. The van der Waals surface area contributed by atoms with E-state index in [4.69, 9.17) is 22.2 Å². The molecular formula is C10H13NO3S2. The summed E-state index contributed by atoms with van der Waals surface area (Å²) in [4.78, 5) is 5.11. The van der Waals surface area contributed by atoms with Gasteiger partial charge in [0.05, 0.1) is 0 Å². The van der Waals surface area contributed by atoms with E-state index in [1.165, 1.54) is 11.8 Å². The van der Waals surface area contributed by atoms with Crippen LogP contribution in [-0.2, 0) is 16.2 Å². The van der Waals surface area contributed by atoms with Crippen LogP contribution in [0.15, 0.2) is 29.2 Å². The van der Waals surface area contributed by atoms with Crippen LogP contribution in [0.25, 0.3) is 0 Å². The summed E-state index contributed by atoms with van der Waals surface area (Å²) < 4.78 is 5.19. The Kier molecular flexibility index (Phi) is 6.17. The molecule has 88 valence electrons. The Labute approximate surface area is 104 Å². The highest BCUT2D eigenvalue weighted by atomic mass is 32.2. The van der Waals surface area contributed by atoms with Gasteiger partial charge < -0.3 is 10.1 Å². The molecule has 0 amide bonds. The zero-order valence-electron chi connectivity index (χ0n) is 8.80. The van der Waals surface area contributed by atoms with Gasteiger partial charge in [0.1, 0.15) is 12.5 Å². The van der Waals surface area contributed by atoms with Gasteiger partial charge in [-0.15, -0.1) is 0 Å². The van der Waals surface area contributed by atoms with Gasteiger partial charge in [-0.25, -0.2) is 4.89 Å². The molecule has 0 heterocycles. The van der Waals surface area contributed by atoms with Crippen LogP contribution in [0.3, 0.4) is 0 Å². The van der Waals surface area contributed by atoms with E-state index in [2.05, 4.69) is 10.2 Å². The predicted molar refractivity (Wildman–Crippen MR) is 67.3 cm³/mol. The van der Waals surface area contributed by atoms with Crippen LogP contribution >= 0.6 is 24.0 Å². The van der Waals surface area contributed by atoms with Crippen molar-refractivity contribution in [3.63, 3.8) is 0 Å². The summed E-state index contributed by atoms with van der Waals surface area (Å²) in [6.45, 7) is 0.200. The molecule has 4 nitrogen and oxygen atoms in total. The molecule has 0 fully saturated rings. The summed E-state index contributed by atoms with van der Waals surface area (Å²) in [5.41, 5.74) is 0.915. The Morgan fingerprint density at radius 3 is 2.69 bits per heavy atom. The molecule has 2 N–H and O–H groups in total. The van der Waals surface area contributed by atoms with Gasteiger partial charge in [0.15, 0.2) is 0 Å². The molecule has 1 rings (SSSR count). The second kappa shape index (κ2) is 7.45. The Bertz CT molecular complexity index is 329. The van der Waals surface area contributed by atoms with E-state index in [1.807, 2.05) is 24.3 Å². The number of thiocarbonyl (C=S) groups is 1. The quantitative estimate of drug-likeness (QED) is 0.278. The molecule has 0 bridgehead atoms. The summed E-state index contributed by atoms with van der Waals surface area (Å²) in [5.74, 6) is 0.468. The number of hydrogen-bond acceptors (Lipinski definition) is 5. The second-order valence-electron chi connectivity index (χ2n) is 2.86. The lowest BCUT2D eigenvalue weighted by molar-refractivity contribution is -0.253. The first kappa shape index (κ1) is 13.2. The van der Waals surface area contributed by atoms with E-state index in [9.17, 15) is 0 Å². The number of benzene rings is 1. The minimum atomic E-state index is 0.200. The zero-order valence-corrected chi connectivity index (χ0v) is 10.4. The molecule has 1 aromatic rings. The molecule has 16 heavy (non-hydrogen) atoms. The molecule has 0 aliphatic rings. The first-order chi connectivity index (χ1) is 7.76. The molecular weight excluding hydrogens is 246 g/mol. The Morgan fingerprint density at radius 1 is 1.44 bits per heavy atom. The van der Waals surface area contributed by atoms with Gasteiger partial charge in [-0.2, -0.15) is 0 Å². The minimum absolute atomic E-state index is 0.200. The maximum absolute atomic E-state index is 8.27. The summed E-state index contributed by atoms with van der Waals surface area (Å²) in [6, 6.07) is 7.64. The summed E-state index contributed by atoms with van der Waals surface area (Å²) in [6.07, 6.45) is 0. The van der Waals surface area contributed by atoms with Crippen molar-refractivity contribution in [2.45, 2.75) is 11.5 Å². The topological polar surface area (TPSA) is 50.7 Å². The summed E-state index contributed by atoms with van der Waals surface area (Å²) in [5, 5.41) is 11.4. The van der Waals surface area contributed by atoms with Crippen molar-refractivity contribution in [1.82, 2.24) is 5.32 Å². The highest BCUT2D eigenvalue weighted by Crippen LogP contribution is 2.18. The average molecular weight is 259 g/mol. The van der Waals surface area contributed by atoms with Gasteiger partial charge in [-0.05, 0) is 29.9 Å². The van der Waals surface area contributed by atoms with Crippen LogP contribution in [0.1, 0.15) is 5.56 Å². The highest BCUT2D eigenvalue weighted by molar-refractivity contribution is 7.99. The molecule has 0 atom stereocenters. The van der Waals surface area contributed by atoms with Crippen molar-refractivity contribution in [1.29, 1.82) is 0 Å². The van der Waals surface area contributed by atoms with Crippen LogP contribution in [0.2, 0.25) is 0 Å². The third-order valence-electron chi connectivity index (χ3n) is 1.77. The third-order valence-corrected chi connectivity index (χ3v) is 2.94. The van der Waals surface area contributed by atoms with Gasteiger partial charge in [-0.3, -0.25) is 5.26 Å². The van der Waals surface area contributed by atoms with Crippen LogP contribution < -0.4 is 5.32 Å². The smallest absolute Gasteiger partial charge is 0.257 e. The predicted octanol–water partition coefficient (Wildman–Crippen LogP) is 2.25. The Morgan fingerprint density at radius 2 is 2.12 bits per heavy atom. The van der Waals surface area contributed by atoms with E-state index in [0.29, 0.717) is 11.1 Å². The van der Waals surface area contributed by atoms with E-state index >= 15 is 0 Å². The number of hydrogen-bond donors (Lipinski definition) is 2. The normalized spacial score (nSPS) is 9.88. The first-order valence-corrected chi connectivity index (χ1v) is 5.98. The van der Waals surface area contributed by atoms with Gasteiger partial charge in [0.25, 0.3) is 5.17 Å². The minimum Gasteiger partial charge on any atom is -0.460 e. The maximum atomic E-state index is 8.27. The fraction of sp³-hybridized carbons (Fsp3) is 0.300. The van der Waals surface area contributed by atoms with Crippen LogP contribution in [0, 0.1) is 0 Å². The van der Waals surface area contributed by atoms with Crippen LogP contribution in [-0.4, -0.2) is 23.4 Å². The molecule has 0 radical (unpaired) electrons. The first-order valence-electron chi connectivity index (χ1n) is 4.59. The van der Waals surface area contributed by atoms with Gasteiger partial charge in [-0.1, -0.05) is 23.9 Å². The van der Waals surface area contributed by atoms with Crippen molar-refractivity contribution in [3.05, 3.63) is 29.8 Å². The third kappa shape index (κ3) is 4.80. The van der Waals surface area contributed by atoms with Crippen molar-refractivity contribution >= 4 is 29.2 Å². The SMILES string of the molecule is CNC(=S)OCSc1ccc(COO)cc1. The number of rotatable bonds is 5. The molecule has 0 saturated carbocycles. The van der Waals surface area contributed by atoms with Crippen molar-refractivity contribution in [2.75, 3.05) is 13.0 Å². The van der Waals surface area contributed by atoms with Gasteiger partial charge >= 0.3 is 0 Å². The summed E-state index contributed by atoms with van der Waals surface area (Å²) in [7, 11) is 1.72. The van der Waals surface area contributed by atoms with Crippen molar-refractivity contribution in [2.24, 2.45) is 0 Å². The number of thioether (sulfide) groups is 1. The molecule has 1 aromatic carbocycles. The van der Waals surface area contributed by atoms with E-state index in [1.54, 1.807) is 7.05 Å². The summed E-state index contributed by atoms with van der Waals surface area (Å²) >= 11 is 6.37. The lowest BCUT2D eigenvalue weighted by Crippen LogP contribution is -2.18. The van der Waals surface area contributed by atoms with Crippen LogP contribution in [0.5, 0.6) is 0 Å². The number of ether oxygens (including phenoxy) is 1. The lowest BCUT2D eigenvalue weighted by Gasteiger charge is -2.06. The van der Waals surface area contributed by atoms with E-state index in [-0.39, 0.29) is 6.61 Å². The average Bonchev–Trinajstić information content (AvgIpc) is 2.31. The van der Waals surface area contributed by atoms with E-state index < -0.39 is 0 Å². The second-order valence-corrected chi connectivity index (χ2v) is 4.23. The monoisotopic (exact) mass is 259 g/mol. The van der Waals surface area contributed by atoms with Crippen molar-refractivity contribution < 1.29 is 14.9 Å². The largest absolute Gasteiger partial charge is 0.460 e. The van der Waals surface area contributed by atoms with Crippen molar-refractivity contribution in [3.8, 4) is 0 Å². The fourth-order valence-electron chi connectivity index (χ4n) is 0.980. The molecule has 0 unspecified atom stereocenters. The highest BCUT2D eigenvalue weighted by Gasteiger charge is 1.97. The Hall–Kier alpha value is -0.820.